The summed E-state index contributed by atoms with van der Waals surface area (Å²) in [6.07, 6.45) is 5.91. The first-order chi connectivity index (χ1) is 10.7. The Morgan fingerprint density at radius 1 is 1.32 bits per heavy atom. The number of aryl methyl sites for hydroxylation is 1. The van der Waals surface area contributed by atoms with Crippen molar-refractivity contribution in [3.8, 4) is 0 Å². The van der Waals surface area contributed by atoms with Crippen LogP contribution in [0.25, 0.3) is 10.9 Å². The molecular weight excluding hydrogens is 292 g/mol. The number of fused-ring (bicyclic) bond motifs is 1. The first kappa shape index (κ1) is 15.6. The monoisotopic (exact) mass is 316 g/mol. The van der Waals surface area contributed by atoms with E-state index in [9.17, 15) is 0 Å². The van der Waals surface area contributed by atoms with Crippen LogP contribution in [-0.4, -0.2) is 31.5 Å². The highest BCUT2D eigenvalue weighted by atomic mass is 32.2. The molecule has 0 amide bonds. The number of anilines is 1. The molecule has 0 atom stereocenters. The minimum Gasteiger partial charge on any atom is -0.384 e. The summed E-state index contributed by atoms with van der Waals surface area (Å²) in [5, 5.41) is 4.78. The van der Waals surface area contributed by atoms with Crippen molar-refractivity contribution in [2.24, 2.45) is 5.41 Å². The van der Waals surface area contributed by atoms with Crippen LogP contribution in [0.15, 0.2) is 29.2 Å². The number of ether oxygens (including phenoxy) is 1. The fraction of sp³-hybridized carbons (Fsp3) is 0.500. The highest BCUT2D eigenvalue weighted by Gasteiger charge is 2.36. The number of rotatable bonds is 6. The molecule has 1 aromatic heterocycles. The molecule has 0 bridgehead atoms. The predicted octanol–water partition coefficient (Wildman–Crippen LogP) is 4.49. The van der Waals surface area contributed by atoms with E-state index in [1.54, 1.807) is 18.9 Å². The lowest BCUT2D eigenvalue weighted by molar-refractivity contribution is 0.0282. The van der Waals surface area contributed by atoms with E-state index in [4.69, 9.17) is 9.72 Å². The summed E-state index contributed by atoms with van der Waals surface area (Å²) < 4.78 is 5.39. The maximum atomic E-state index is 5.39. The number of pyridine rings is 1. The minimum absolute atomic E-state index is 0.308. The average Bonchev–Trinajstić information content (AvgIpc) is 2.49. The van der Waals surface area contributed by atoms with Crippen LogP contribution in [0.2, 0.25) is 0 Å². The molecule has 1 fully saturated rings. The highest BCUT2D eigenvalue weighted by Crippen LogP contribution is 2.41. The number of thioether (sulfide) groups is 1. The molecule has 2 aromatic rings. The Morgan fingerprint density at radius 2 is 2.14 bits per heavy atom. The zero-order valence-corrected chi connectivity index (χ0v) is 14.4. The Balaban J connectivity index is 1.80. The SMILES string of the molecule is COCC1(CNc2cc(C)c3cc(SC)ccc3n2)CCC1. The smallest absolute Gasteiger partial charge is 0.126 e. The van der Waals surface area contributed by atoms with E-state index >= 15 is 0 Å². The van der Waals surface area contributed by atoms with Crippen molar-refractivity contribution in [1.82, 2.24) is 4.98 Å². The molecular formula is C18H24N2OS. The average molecular weight is 316 g/mol. The third-order valence-corrected chi connectivity index (χ3v) is 5.46. The van der Waals surface area contributed by atoms with Crippen molar-refractivity contribution >= 4 is 28.5 Å². The Labute approximate surface area is 136 Å². The van der Waals surface area contributed by atoms with Crippen LogP contribution >= 0.6 is 11.8 Å². The van der Waals surface area contributed by atoms with Gasteiger partial charge < -0.3 is 10.1 Å². The topological polar surface area (TPSA) is 34.1 Å². The van der Waals surface area contributed by atoms with Gasteiger partial charge in [0.15, 0.2) is 0 Å². The fourth-order valence-electron chi connectivity index (χ4n) is 3.22. The van der Waals surface area contributed by atoms with E-state index in [-0.39, 0.29) is 0 Å². The molecule has 0 unspecified atom stereocenters. The number of methoxy groups -OCH3 is 1. The van der Waals surface area contributed by atoms with Crippen LogP contribution in [0.3, 0.4) is 0 Å². The molecule has 1 aromatic carbocycles. The molecule has 3 rings (SSSR count). The third-order valence-electron chi connectivity index (χ3n) is 4.73. The molecule has 1 saturated carbocycles. The summed E-state index contributed by atoms with van der Waals surface area (Å²) in [7, 11) is 1.79. The van der Waals surface area contributed by atoms with Gasteiger partial charge in [-0.25, -0.2) is 4.98 Å². The summed E-state index contributed by atoms with van der Waals surface area (Å²) >= 11 is 1.77. The second-order valence-corrected chi connectivity index (χ2v) is 7.23. The van der Waals surface area contributed by atoms with Crippen molar-refractivity contribution < 1.29 is 4.74 Å². The number of nitrogens with zero attached hydrogens (tertiary/aromatic N) is 1. The molecule has 0 spiro atoms. The van der Waals surface area contributed by atoms with Crippen molar-refractivity contribution in [2.45, 2.75) is 31.1 Å². The van der Waals surface area contributed by atoms with Gasteiger partial charge in [-0.15, -0.1) is 11.8 Å². The molecule has 1 heterocycles. The molecule has 0 aliphatic heterocycles. The van der Waals surface area contributed by atoms with Gasteiger partial charge in [0, 0.05) is 29.4 Å². The van der Waals surface area contributed by atoms with Crippen molar-refractivity contribution in [3.63, 3.8) is 0 Å². The first-order valence-electron chi connectivity index (χ1n) is 7.84. The number of nitrogens with one attached hydrogen (secondary N) is 1. The standard InChI is InChI=1S/C18H24N2OS/c1-13-9-17(19-11-18(12-21-2)7-4-8-18)20-16-6-5-14(22-3)10-15(13)16/h5-6,9-10H,4,7-8,11-12H2,1-3H3,(H,19,20). The van der Waals surface area contributed by atoms with E-state index < -0.39 is 0 Å². The number of benzene rings is 1. The van der Waals surface area contributed by atoms with Gasteiger partial charge in [-0.05, 0) is 55.9 Å². The lowest BCUT2D eigenvalue weighted by Crippen LogP contribution is -2.40. The van der Waals surface area contributed by atoms with Gasteiger partial charge in [0.25, 0.3) is 0 Å². The normalized spacial score (nSPS) is 16.5. The van der Waals surface area contributed by atoms with E-state index in [0.717, 1.165) is 24.5 Å². The molecule has 1 aliphatic carbocycles. The molecule has 118 valence electrons. The molecule has 0 saturated heterocycles. The summed E-state index contributed by atoms with van der Waals surface area (Å²) in [6, 6.07) is 8.64. The fourth-order valence-corrected chi connectivity index (χ4v) is 3.66. The number of aromatic nitrogens is 1. The van der Waals surface area contributed by atoms with Crippen molar-refractivity contribution in [3.05, 3.63) is 29.8 Å². The Bertz CT molecular complexity index is 667. The van der Waals surface area contributed by atoms with Gasteiger partial charge >= 0.3 is 0 Å². The molecule has 1 aliphatic rings. The van der Waals surface area contributed by atoms with Gasteiger partial charge in [-0.1, -0.05) is 6.42 Å². The van der Waals surface area contributed by atoms with Crippen LogP contribution in [-0.2, 0) is 4.74 Å². The van der Waals surface area contributed by atoms with Crippen LogP contribution in [0, 0.1) is 12.3 Å². The van der Waals surface area contributed by atoms with Gasteiger partial charge in [-0.2, -0.15) is 0 Å². The largest absolute Gasteiger partial charge is 0.384 e. The molecule has 4 heteroatoms. The van der Waals surface area contributed by atoms with Crippen molar-refractivity contribution in [2.75, 3.05) is 31.8 Å². The minimum atomic E-state index is 0.308. The van der Waals surface area contributed by atoms with Gasteiger partial charge in [0.1, 0.15) is 5.82 Å². The molecule has 1 N–H and O–H groups in total. The zero-order valence-electron chi connectivity index (χ0n) is 13.6. The van der Waals surface area contributed by atoms with Crippen molar-refractivity contribution in [1.29, 1.82) is 0 Å². The molecule has 0 radical (unpaired) electrons. The maximum absolute atomic E-state index is 5.39. The lowest BCUT2D eigenvalue weighted by atomic mass is 9.69. The van der Waals surface area contributed by atoms with Crippen LogP contribution in [0.4, 0.5) is 5.82 Å². The van der Waals surface area contributed by atoms with Crippen LogP contribution < -0.4 is 5.32 Å². The summed E-state index contributed by atoms with van der Waals surface area (Å²) in [6.45, 7) is 3.94. The Morgan fingerprint density at radius 3 is 2.77 bits per heavy atom. The number of hydrogen-bond donors (Lipinski definition) is 1. The molecule has 3 nitrogen and oxygen atoms in total. The predicted molar refractivity (Wildman–Crippen MR) is 94.9 cm³/mol. The van der Waals surface area contributed by atoms with Crippen LogP contribution in [0.5, 0.6) is 0 Å². The maximum Gasteiger partial charge on any atom is 0.126 e. The molecule has 22 heavy (non-hydrogen) atoms. The van der Waals surface area contributed by atoms with Gasteiger partial charge in [-0.3, -0.25) is 0 Å². The Kier molecular flexibility index (Phi) is 4.59. The quantitative estimate of drug-likeness (QED) is 0.796. The zero-order chi connectivity index (χ0) is 15.6. The van der Waals surface area contributed by atoms with E-state index in [1.165, 1.54) is 35.1 Å². The summed E-state index contributed by atoms with van der Waals surface area (Å²) in [5.41, 5.74) is 2.65. The highest BCUT2D eigenvalue weighted by molar-refractivity contribution is 7.98. The van der Waals surface area contributed by atoms with Crippen LogP contribution in [0.1, 0.15) is 24.8 Å². The summed E-state index contributed by atoms with van der Waals surface area (Å²) in [5.74, 6) is 0.976. The lowest BCUT2D eigenvalue weighted by Gasteiger charge is -2.41. The second-order valence-electron chi connectivity index (χ2n) is 6.35. The number of hydrogen-bond acceptors (Lipinski definition) is 4. The second kappa shape index (κ2) is 6.47. The van der Waals surface area contributed by atoms with E-state index in [1.807, 2.05) is 0 Å². The van der Waals surface area contributed by atoms with Gasteiger partial charge in [0.2, 0.25) is 0 Å². The summed E-state index contributed by atoms with van der Waals surface area (Å²) in [4.78, 5) is 6.06. The first-order valence-corrected chi connectivity index (χ1v) is 9.06. The van der Waals surface area contributed by atoms with Gasteiger partial charge in [0.05, 0.1) is 12.1 Å². The third kappa shape index (κ3) is 3.08. The van der Waals surface area contributed by atoms with E-state index in [0.29, 0.717) is 5.41 Å². The Hall–Kier alpha value is -1.26. The van der Waals surface area contributed by atoms with E-state index in [2.05, 4.69) is 42.8 Å².